The molecule has 0 radical (unpaired) electrons. The predicted octanol–water partition coefficient (Wildman–Crippen LogP) is 2.08. The van der Waals surface area contributed by atoms with Gasteiger partial charge < -0.3 is 15.7 Å². The molecule has 5 nitrogen and oxygen atoms in total. The normalized spacial score (nSPS) is 11.0. The van der Waals surface area contributed by atoms with Gasteiger partial charge >= 0.3 is 0 Å². The lowest BCUT2D eigenvalue weighted by Crippen LogP contribution is -2.41. The smallest absolute Gasteiger partial charge is 0.255 e. The highest BCUT2D eigenvalue weighted by Crippen LogP contribution is 2.21. The Hall–Kier alpha value is -1.75. The van der Waals surface area contributed by atoms with E-state index in [1.807, 2.05) is 20.8 Å². The van der Waals surface area contributed by atoms with Crippen molar-refractivity contribution in [2.75, 3.05) is 6.54 Å². The van der Waals surface area contributed by atoms with Gasteiger partial charge in [-0.15, -0.1) is 0 Å². The zero-order valence-electron chi connectivity index (χ0n) is 11.8. The van der Waals surface area contributed by atoms with Crippen molar-refractivity contribution in [3.8, 4) is 5.75 Å². The molecule has 0 aliphatic carbocycles. The lowest BCUT2D eigenvalue weighted by Gasteiger charge is -2.20. The van der Waals surface area contributed by atoms with Crippen LogP contribution in [0.1, 0.15) is 37.6 Å². The maximum absolute atomic E-state index is 11.8. The van der Waals surface area contributed by atoms with Crippen molar-refractivity contribution in [3.05, 3.63) is 28.8 Å². The third-order valence-corrected chi connectivity index (χ3v) is 2.59. The van der Waals surface area contributed by atoms with E-state index in [0.717, 1.165) is 0 Å². The number of benzene rings is 1. The quantitative estimate of drug-likeness (QED) is 0.796. The van der Waals surface area contributed by atoms with Crippen LogP contribution in [0.5, 0.6) is 5.75 Å². The minimum atomic E-state index is -0.464. The number of nitrogens with one attached hydrogen (secondary N) is 2. The first-order chi connectivity index (χ1) is 9.19. The first-order valence-corrected chi connectivity index (χ1v) is 6.64. The van der Waals surface area contributed by atoms with Crippen LogP contribution in [-0.2, 0) is 4.79 Å². The average Bonchev–Trinajstić information content (AvgIpc) is 2.29. The van der Waals surface area contributed by atoms with Crippen LogP contribution in [0.25, 0.3) is 0 Å². The summed E-state index contributed by atoms with van der Waals surface area (Å²) in [7, 11) is 0. The summed E-state index contributed by atoms with van der Waals surface area (Å²) < 4.78 is 0. The number of phenolic OH excluding ortho intramolecular Hbond substituents is 1. The zero-order valence-corrected chi connectivity index (χ0v) is 12.5. The molecule has 0 atom stereocenters. The van der Waals surface area contributed by atoms with Crippen molar-refractivity contribution in [1.82, 2.24) is 10.6 Å². The van der Waals surface area contributed by atoms with Crippen molar-refractivity contribution < 1.29 is 14.7 Å². The molecule has 0 aromatic heterocycles. The number of carbonyl (C=O) groups is 2. The van der Waals surface area contributed by atoms with Crippen LogP contribution < -0.4 is 10.6 Å². The largest absolute Gasteiger partial charge is 0.507 e. The Kier molecular flexibility index (Phi) is 5.39. The second-order valence-electron chi connectivity index (χ2n) is 5.47. The van der Waals surface area contributed by atoms with Gasteiger partial charge in [0.15, 0.2) is 0 Å². The maximum Gasteiger partial charge on any atom is 0.255 e. The van der Waals surface area contributed by atoms with E-state index in [-0.39, 0.29) is 35.7 Å². The fourth-order valence-corrected chi connectivity index (χ4v) is 1.73. The summed E-state index contributed by atoms with van der Waals surface area (Å²) in [5.41, 5.74) is -0.208. The van der Waals surface area contributed by atoms with Gasteiger partial charge in [0.1, 0.15) is 5.75 Å². The molecule has 0 heterocycles. The first kappa shape index (κ1) is 16.3. The molecule has 0 saturated heterocycles. The van der Waals surface area contributed by atoms with E-state index in [1.54, 1.807) is 0 Å². The minimum Gasteiger partial charge on any atom is -0.507 e. The van der Waals surface area contributed by atoms with E-state index >= 15 is 0 Å². The Bertz CT molecular complexity index is 510. The molecule has 1 rings (SSSR count). The van der Waals surface area contributed by atoms with Crippen LogP contribution in [0.4, 0.5) is 0 Å². The molecule has 2 amide bonds. The van der Waals surface area contributed by atoms with Crippen molar-refractivity contribution in [3.63, 3.8) is 0 Å². The number of halogens is 1. The molecular weight excluding hydrogens is 280 g/mol. The van der Waals surface area contributed by atoms with Crippen molar-refractivity contribution in [2.45, 2.75) is 32.7 Å². The van der Waals surface area contributed by atoms with Gasteiger partial charge in [-0.3, -0.25) is 9.59 Å². The molecule has 0 bridgehead atoms. The molecule has 0 aliphatic rings. The predicted molar refractivity (Wildman–Crippen MR) is 78.0 cm³/mol. The van der Waals surface area contributed by atoms with Gasteiger partial charge in [-0.05, 0) is 39.0 Å². The van der Waals surface area contributed by atoms with Gasteiger partial charge in [0, 0.05) is 23.5 Å². The SMILES string of the molecule is CC(C)(C)NC(=O)CCNC(=O)c1cc(Cl)ccc1O. The Morgan fingerprint density at radius 2 is 1.95 bits per heavy atom. The number of carbonyl (C=O) groups excluding carboxylic acids is 2. The van der Waals surface area contributed by atoms with Gasteiger partial charge in [-0.25, -0.2) is 0 Å². The molecule has 0 aliphatic heterocycles. The van der Waals surface area contributed by atoms with Crippen molar-refractivity contribution in [2.24, 2.45) is 0 Å². The molecule has 110 valence electrons. The molecule has 0 fully saturated rings. The molecule has 0 saturated carbocycles. The summed E-state index contributed by atoms with van der Waals surface area (Å²) >= 11 is 5.76. The summed E-state index contributed by atoms with van der Waals surface area (Å²) in [5.74, 6) is -0.757. The van der Waals surface area contributed by atoms with E-state index < -0.39 is 5.91 Å². The summed E-state index contributed by atoms with van der Waals surface area (Å²) in [6.45, 7) is 5.83. The number of hydrogen-bond donors (Lipinski definition) is 3. The van der Waals surface area contributed by atoms with Gasteiger partial charge in [-0.1, -0.05) is 11.6 Å². The van der Waals surface area contributed by atoms with Crippen LogP contribution in [0, 0.1) is 0 Å². The molecule has 1 aromatic rings. The fraction of sp³-hybridized carbons (Fsp3) is 0.429. The van der Waals surface area contributed by atoms with Gasteiger partial charge in [0.05, 0.1) is 5.56 Å². The lowest BCUT2D eigenvalue weighted by atomic mass is 10.1. The second-order valence-corrected chi connectivity index (χ2v) is 5.90. The highest BCUT2D eigenvalue weighted by Gasteiger charge is 2.15. The topological polar surface area (TPSA) is 78.4 Å². The second kappa shape index (κ2) is 6.61. The summed E-state index contributed by atoms with van der Waals surface area (Å²) in [4.78, 5) is 23.4. The van der Waals surface area contributed by atoms with Crippen LogP contribution in [-0.4, -0.2) is 29.0 Å². The number of phenols is 1. The molecule has 0 spiro atoms. The van der Waals surface area contributed by atoms with Gasteiger partial charge in [0.2, 0.25) is 5.91 Å². The zero-order chi connectivity index (χ0) is 15.3. The van der Waals surface area contributed by atoms with Crippen molar-refractivity contribution in [1.29, 1.82) is 0 Å². The average molecular weight is 299 g/mol. The maximum atomic E-state index is 11.8. The number of aromatic hydroxyl groups is 1. The number of rotatable bonds is 4. The number of hydrogen-bond acceptors (Lipinski definition) is 3. The van der Waals surface area contributed by atoms with E-state index in [1.165, 1.54) is 18.2 Å². The van der Waals surface area contributed by atoms with Crippen LogP contribution in [0.2, 0.25) is 5.02 Å². The molecule has 3 N–H and O–H groups in total. The van der Waals surface area contributed by atoms with E-state index in [4.69, 9.17) is 11.6 Å². The summed E-state index contributed by atoms with van der Waals surface area (Å²) in [6, 6.07) is 4.22. The van der Waals surface area contributed by atoms with Crippen LogP contribution in [0.15, 0.2) is 18.2 Å². The van der Waals surface area contributed by atoms with Crippen LogP contribution >= 0.6 is 11.6 Å². The molecule has 0 unspecified atom stereocenters. The lowest BCUT2D eigenvalue weighted by molar-refractivity contribution is -0.122. The van der Waals surface area contributed by atoms with Crippen molar-refractivity contribution >= 4 is 23.4 Å². The Labute approximate surface area is 123 Å². The Morgan fingerprint density at radius 3 is 2.55 bits per heavy atom. The van der Waals surface area contributed by atoms with E-state index in [9.17, 15) is 14.7 Å². The Morgan fingerprint density at radius 1 is 1.30 bits per heavy atom. The molecular formula is C14H19ClN2O3. The Balaban J connectivity index is 2.48. The minimum absolute atomic E-state index is 0.0914. The monoisotopic (exact) mass is 298 g/mol. The summed E-state index contributed by atoms with van der Waals surface area (Å²) in [6.07, 6.45) is 0.171. The summed E-state index contributed by atoms with van der Waals surface area (Å²) in [5, 5.41) is 15.3. The third-order valence-electron chi connectivity index (χ3n) is 2.36. The van der Waals surface area contributed by atoms with E-state index in [0.29, 0.717) is 5.02 Å². The number of amides is 2. The first-order valence-electron chi connectivity index (χ1n) is 6.27. The molecule has 20 heavy (non-hydrogen) atoms. The van der Waals surface area contributed by atoms with Gasteiger partial charge in [0.25, 0.3) is 5.91 Å². The molecule has 1 aromatic carbocycles. The highest BCUT2D eigenvalue weighted by molar-refractivity contribution is 6.31. The standard InChI is InChI=1S/C14H19ClN2O3/c1-14(2,3)17-12(19)6-7-16-13(20)10-8-9(15)4-5-11(10)18/h4-5,8,18H,6-7H2,1-3H3,(H,16,20)(H,17,19). The third kappa shape index (κ3) is 5.48. The van der Waals surface area contributed by atoms with Crippen LogP contribution in [0.3, 0.4) is 0 Å². The van der Waals surface area contributed by atoms with Gasteiger partial charge in [-0.2, -0.15) is 0 Å². The molecule has 6 heteroatoms. The van der Waals surface area contributed by atoms with E-state index in [2.05, 4.69) is 10.6 Å². The fourth-order valence-electron chi connectivity index (χ4n) is 1.56. The highest BCUT2D eigenvalue weighted by atomic mass is 35.5.